The first-order valence-corrected chi connectivity index (χ1v) is 13.3. The molecule has 2 N–H and O–H groups in total. The minimum atomic E-state index is 0.0378. The molecule has 182 valence electrons. The van der Waals surface area contributed by atoms with Crippen LogP contribution < -0.4 is 15.5 Å². The average Bonchev–Trinajstić information content (AvgIpc) is 2.88. The van der Waals surface area contributed by atoms with E-state index in [1.165, 1.54) is 36.0 Å². The number of hydrogen-bond acceptors (Lipinski definition) is 4. The molecule has 5 rings (SSSR count). The third-order valence-corrected chi connectivity index (χ3v) is 7.91. The van der Waals surface area contributed by atoms with Crippen LogP contribution in [0.5, 0.6) is 0 Å². The molecule has 0 bridgehead atoms. The molecule has 35 heavy (non-hydrogen) atoms. The van der Waals surface area contributed by atoms with Crippen LogP contribution in [0.3, 0.4) is 0 Å². The van der Waals surface area contributed by atoms with Gasteiger partial charge in [0.15, 0.2) is 5.11 Å². The van der Waals surface area contributed by atoms with Gasteiger partial charge < -0.3 is 15.5 Å². The van der Waals surface area contributed by atoms with E-state index in [1.54, 1.807) is 0 Å². The maximum absolute atomic E-state index is 6.37. The highest BCUT2D eigenvalue weighted by molar-refractivity contribution is 7.80. The van der Waals surface area contributed by atoms with E-state index in [0.29, 0.717) is 16.2 Å². The monoisotopic (exact) mass is 525 g/mol. The summed E-state index contributed by atoms with van der Waals surface area (Å²) in [7, 11) is 0. The van der Waals surface area contributed by atoms with Gasteiger partial charge in [-0.1, -0.05) is 78.9 Å². The second-order valence-electron chi connectivity index (χ2n) is 9.47. The number of rotatable bonds is 5. The van der Waals surface area contributed by atoms with Gasteiger partial charge in [-0.25, -0.2) is 4.98 Å². The minimum Gasteiger partial charge on any atom is -0.361 e. The molecule has 0 amide bonds. The van der Waals surface area contributed by atoms with Gasteiger partial charge in [0, 0.05) is 36.1 Å². The molecule has 0 atom stereocenters. The van der Waals surface area contributed by atoms with Gasteiger partial charge in [0.2, 0.25) is 5.95 Å². The van der Waals surface area contributed by atoms with Crippen LogP contribution >= 0.6 is 35.4 Å². The van der Waals surface area contributed by atoms with E-state index in [4.69, 9.17) is 40.4 Å². The molecular formula is C27H29Cl2N5S. The van der Waals surface area contributed by atoms with Crippen LogP contribution in [-0.2, 0) is 18.4 Å². The lowest BCUT2D eigenvalue weighted by atomic mass is 9.69. The van der Waals surface area contributed by atoms with Crippen molar-refractivity contribution in [2.75, 3.05) is 23.3 Å². The molecule has 1 aliphatic heterocycles. The maximum atomic E-state index is 6.37. The van der Waals surface area contributed by atoms with Crippen molar-refractivity contribution in [3.8, 4) is 0 Å². The van der Waals surface area contributed by atoms with Crippen LogP contribution in [0.4, 0.5) is 11.8 Å². The zero-order chi connectivity index (χ0) is 24.3. The Balaban J connectivity index is 1.27. The molecule has 0 spiro atoms. The SMILES string of the molecule is S=C(NCC1(c2ccc(Cl)cc2)CCCCC1)Nc1nc(Cl)cc(N2CCc3ccccc3C2)n1. The molecule has 8 heteroatoms. The molecule has 2 aliphatic rings. The van der Waals surface area contributed by atoms with Crippen LogP contribution in [0.25, 0.3) is 0 Å². The number of benzene rings is 2. The van der Waals surface area contributed by atoms with Crippen molar-refractivity contribution in [2.24, 2.45) is 0 Å². The summed E-state index contributed by atoms with van der Waals surface area (Å²) < 4.78 is 0. The number of nitrogens with zero attached hydrogens (tertiary/aromatic N) is 3. The summed E-state index contributed by atoms with van der Waals surface area (Å²) in [5.74, 6) is 1.21. The van der Waals surface area contributed by atoms with Gasteiger partial charge in [0.05, 0.1) is 0 Å². The highest BCUT2D eigenvalue weighted by atomic mass is 35.5. The Morgan fingerprint density at radius 3 is 2.49 bits per heavy atom. The highest BCUT2D eigenvalue weighted by Crippen LogP contribution is 2.39. The fourth-order valence-corrected chi connectivity index (χ4v) is 5.78. The van der Waals surface area contributed by atoms with Crippen molar-refractivity contribution in [3.63, 3.8) is 0 Å². The quantitative estimate of drug-likeness (QED) is 0.291. The smallest absolute Gasteiger partial charge is 0.232 e. The molecular weight excluding hydrogens is 497 g/mol. The fourth-order valence-electron chi connectivity index (χ4n) is 5.31. The van der Waals surface area contributed by atoms with Crippen molar-refractivity contribution < 1.29 is 0 Å². The van der Waals surface area contributed by atoms with E-state index in [9.17, 15) is 0 Å². The van der Waals surface area contributed by atoms with Gasteiger partial charge in [-0.15, -0.1) is 0 Å². The van der Waals surface area contributed by atoms with E-state index in [0.717, 1.165) is 49.7 Å². The summed E-state index contributed by atoms with van der Waals surface area (Å²) in [5, 5.41) is 8.26. The molecule has 0 radical (unpaired) electrons. The molecule has 1 aromatic heterocycles. The zero-order valence-corrected chi connectivity index (χ0v) is 21.9. The summed E-state index contributed by atoms with van der Waals surface area (Å²) in [6.45, 7) is 2.43. The molecule has 1 aliphatic carbocycles. The van der Waals surface area contributed by atoms with Crippen molar-refractivity contribution >= 4 is 52.3 Å². The van der Waals surface area contributed by atoms with Gasteiger partial charge in [-0.05, 0) is 60.3 Å². The molecule has 2 aromatic carbocycles. The number of nitrogens with one attached hydrogen (secondary N) is 2. The molecule has 3 aromatic rings. The largest absolute Gasteiger partial charge is 0.361 e. The summed E-state index contributed by atoms with van der Waals surface area (Å²) in [5.41, 5.74) is 4.06. The standard InChI is InChI=1S/C27H29Cl2N5S/c28-22-10-8-21(9-11-22)27(13-4-1-5-14-27)18-30-26(35)33-25-31-23(29)16-24(32-25)34-15-12-19-6-2-3-7-20(19)17-34/h2-3,6-11,16H,1,4-5,12-15,17-18H2,(H2,30,31,32,33,35). The van der Waals surface area contributed by atoms with Crippen LogP contribution in [0, 0.1) is 0 Å². The Morgan fingerprint density at radius 1 is 0.971 bits per heavy atom. The molecule has 1 fully saturated rings. The van der Waals surface area contributed by atoms with Crippen molar-refractivity contribution in [1.29, 1.82) is 0 Å². The zero-order valence-electron chi connectivity index (χ0n) is 19.6. The lowest BCUT2D eigenvalue weighted by Gasteiger charge is -2.38. The van der Waals surface area contributed by atoms with Gasteiger partial charge in [-0.2, -0.15) is 4.98 Å². The number of aromatic nitrogens is 2. The second kappa shape index (κ2) is 10.7. The number of anilines is 2. The Labute approximate surface area is 222 Å². The fraction of sp³-hybridized carbons (Fsp3) is 0.370. The Kier molecular flexibility index (Phi) is 7.42. The third kappa shape index (κ3) is 5.71. The normalized spacial score (nSPS) is 16.9. The van der Waals surface area contributed by atoms with E-state index in [2.05, 4.69) is 56.9 Å². The molecule has 5 nitrogen and oxygen atoms in total. The molecule has 2 heterocycles. The topological polar surface area (TPSA) is 53.1 Å². The first-order chi connectivity index (χ1) is 17.0. The summed E-state index contributed by atoms with van der Waals surface area (Å²) >= 11 is 18.2. The summed E-state index contributed by atoms with van der Waals surface area (Å²) in [6.07, 6.45) is 6.93. The van der Waals surface area contributed by atoms with Gasteiger partial charge >= 0.3 is 0 Å². The van der Waals surface area contributed by atoms with Crippen molar-refractivity contribution in [2.45, 2.75) is 50.5 Å². The Hall–Kier alpha value is -2.41. The van der Waals surface area contributed by atoms with Crippen LogP contribution in [0.1, 0.15) is 48.8 Å². The lowest BCUT2D eigenvalue weighted by Crippen LogP contribution is -2.43. The Morgan fingerprint density at radius 2 is 1.71 bits per heavy atom. The van der Waals surface area contributed by atoms with E-state index >= 15 is 0 Å². The first kappa shape index (κ1) is 24.3. The first-order valence-electron chi connectivity index (χ1n) is 12.2. The molecule has 0 saturated heterocycles. The third-order valence-electron chi connectivity index (χ3n) is 7.22. The van der Waals surface area contributed by atoms with E-state index < -0.39 is 0 Å². The summed E-state index contributed by atoms with van der Waals surface area (Å²) in [4.78, 5) is 11.3. The van der Waals surface area contributed by atoms with Crippen LogP contribution in [-0.4, -0.2) is 28.2 Å². The van der Waals surface area contributed by atoms with Crippen LogP contribution in [0.2, 0.25) is 10.2 Å². The van der Waals surface area contributed by atoms with Gasteiger partial charge in [0.25, 0.3) is 0 Å². The van der Waals surface area contributed by atoms with Crippen molar-refractivity contribution in [1.82, 2.24) is 15.3 Å². The minimum absolute atomic E-state index is 0.0378. The van der Waals surface area contributed by atoms with Gasteiger partial charge in [-0.3, -0.25) is 0 Å². The number of hydrogen-bond donors (Lipinski definition) is 2. The predicted molar refractivity (Wildman–Crippen MR) is 149 cm³/mol. The summed E-state index contributed by atoms with van der Waals surface area (Å²) in [6, 6.07) is 18.6. The van der Waals surface area contributed by atoms with E-state index in [1.807, 2.05) is 18.2 Å². The van der Waals surface area contributed by atoms with Crippen molar-refractivity contribution in [3.05, 3.63) is 81.5 Å². The average molecular weight is 527 g/mol. The predicted octanol–water partition coefficient (Wildman–Crippen LogP) is 6.53. The number of thiocarbonyl (C=S) groups is 1. The second-order valence-corrected chi connectivity index (χ2v) is 10.7. The maximum Gasteiger partial charge on any atom is 0.232 e. The molecule has 0 unspecified atom stereocenters. The van der Waals surface area contributed by atoms with Gasteiger partial charge in [0.1, 0.15) is 11.0 Å². The highest BCUT2D eigenvalue weighted by Gasteiger charge is 2.34. The number of halogens is 2. The van der Waals surface area contributed by atoms with Crippen LogP contribution in [0.15, 0.2) is 54.6 Å². The number of fused-ring (bicyclic) bond motifs is 1. The lowest BCUT2D eigenvalue weighted by molar-refractivity contribution is 0.292. The Bertz CT molecular complexity index is 1190. The molecule has 1 saturated carbocycles. The van der Waals surface area contributed by atoms with E-state index in [-0.39, 0.29) is 5.41 Å².